The maximum absolute atomic E-state index is 13.9. The van der Waals surface area contributed by atoms with Gasteiger partial charge in [-0.15, -0.1) is 0 Å². The number of rotatable bonds is 4. The van der Waals surface area contributed by atoms with Crippen molar-refractivity contribution in [3.63, 3.8) is 0 Å². The van der Waals surface area contributed by atoms with Crippen molar-refractivity contribution in [1.82, 2.24) is 5.32 Å². The molecule has 19 heavy (non-hydrogen) atoms. The lowest BCUT2D eigenvalue weighted by atomic mass is 10.0. The minimum Gasteiger partial charge on any atom is -0.468 e. The van der Waals surface area contributed by atoms with Crippen LogP contribution in [-0.2, 0) is 9.53 Å². The van der Waals surface area contributed by atoms with Crippen LogP contribution in [0, 0.1) is 5.82 Å². The number of hydrogen-bond acceptors (Lipinski definition) is 3. The number of ether oxygens (including phenoxy) is 1. The van der Waals surface area contributed by atoms with Crippen LogP contribution in [0.3, 0.4) is 0 Å². The number of carbonyl (C=O) groups is 1. The van der Waals surface area contributed by atoms with Gasteiger partial charge in [0.15, 0.2) is 0 Å². The first-order valence-corrected chi connectivity index (χ1v) is 6.78. The Morgan fingerprint density at radius 2 is 2.16 bits per heavy atom. The smallest absolute Gasteiger partial charge is 0.327 e. The highest BCUT2D eigenvalue weighted by molar-refractivity contribution is 6.30. The van der Waals surface area contributed by atoms with Gasteiger partial charge in [0.05, 0.1) is 7.11 Å². The molecule has 0 saturated heterocycles. The van der Waals surface area contributed by atoms with Crippen LogP contribution in [-0.4, -0.2) is 19.1 Å². The molecule has 1 aliphatic rings. The third-order valence-electron chi connectivity index (χ3n) is 3.46. The molecule has 1 aromatic rings. The summed E-state index contributed by atoms with van der Waals surface area (Å²) in [5.41, 5.74) is 0.242. The predicted molar refractivity (Wildman–Crippen MR) is 71.6 cm³/mol. The number of hydrogen-bond donors (Lipinski definition) is 1. The van der Waals surface area contributed by atoms with Crippen LogP contribution in [0.1, 0.15) is 37.3 Å². The minimum absolute atomic E-state index is 0.225. The predicted octanol–water partition coefficient (Wildman–Crippen LogP) is 3.23. The highest BCUT2D eigenvalue weighted by Gasteiger charge is 2.28. The van der Waals surface area contributed by atoms with Crippen molar-refractivity contribution in [3.05, 3.63) is 34.6 Å². The Morgan fingerprint density at radius 1 is 1.47 bits per heavy atom. The lowest BCUT2D eigenvalue weighted by Crippen LogP contribution is -2.36. The summed E-state index contributed by atoms with van der Waals surface area (Å²) in [6.45, 7) is 0. The molecule has 1 N–H and O–H groups in total. The number of benzene rings is 1. The number of carbonyl (C=O) groups excluding carboxylic acids is 1. The van der Waals surface area contributed by atoms with E-state index < -0.39 is 17.8 Å². The average molecular weight is 286 g/mol. The molecule has 0 spiro atoms. The van der Waals surface area contributed by atoms with E-state index >= 15 is 0 Å². The van der Waals surface area contributed by atoms with E-state index in [-0.39, 0.29) is 11.6 Å². The Kier molecular flexibility index (Phi) is 4.77. The van der Waals surface area contributed by atoms with Gasteiger partial charge < -0.3 is 4.74 Å². The van der Waals surface area contributed by atoms with Crippen molar-refractivity contribution in [2.75, 3.05) is 7.11 Å². The molecule has 2 rings (SSSR count). The Balaban J connectivity index is 2.25. The first-order valence-electron chi connectivity index (χ1n) is 6.40. The summed E-state index contributed by atoms with van der Waals surface area (Å²) < 4.78 is 18.6. The lowest BCUT2D eigenvalue weighted by molar-refractivity contribution is -0.143. The summed E-state index contributed by atoms with van der Waals surface area (Å²) in [5.74, 6) is -0.946. The van der Waals surface area contributed by atoms with E-state index in [1.807, 2.05) is 0 Å². The molecule has 0 radical (unpaired) electrons. The second-order valence-electron chi connectivity index (χ2n) is 4.77. The Labute approximate surface area is 117 Å². The number of halogens is 2. The van der Waals surface area contributed by atoms with Gasteiger partial charge in [0.1, 0.15) is 11.9 Å². The third-order valence-corrected chi connectivity index (χ3v) is 3.70. The van der Waals surface area contributed by atoms with Crippen molar-refractivity contribution in [2.45, 2.75) is 37.8 Å². The highest BCUT2D eigenvalue weighted by Crippen LogP contribution is 2.26. The molecule has 0 aliphatic heterocycles. The van der Waals surface area contributed by atoms with Gasteiger partial charge >= 0.3 is 5.97 Å². The molecule has 3 nitrogen and oxygen atoms in total. The number of esters is 1. The van der Waals surface area contributed by atoms with E-state index in [0.29, 0.717) is 5.02 Å². The van der Waals surface area contributed by atoms with Gasteiger partial charge in [0, 0.05) is 16.6 Å². The molecule has 0 heterocycles. The van der Waals surface area contributed by atoms with Gasteiger partial charge in [-0.2, -0.15) is 0 Å². The van der Waals surface area contributed by atoms with Crippen LogP contribution in [0.15, 0.2) is 18.2 Å². The van der Waals surface area contributed by atoms with Crippen LogP contribution in [0.2, 0.25) is 5.02 Å². The molecule has 1 aliphatic carbocycles. The zero-order chi connectivity index (χ0) is 13.8. The Hall–Kier alpha value is -1.13. The van der Waals surface area contributed by atoms with E-state index in [1.165, 1.54) is 25.3 Å². The van der Waals surface area contributed by atoms with Crippen molar-refractivity contribution in [1.29, 1.82) is 0 Å². The fraction of sp³-hybridized carbons (Fsp3) is 0.500. The van der Waals surface area contributed by atoms with Gasteiger partial charge in [0.25, 0.3) is 0 Å². The maximum Gasteiger partial charge on any atom is 0.327 e. The summed E-state index contributed by atoms with van der Waals surface area (Å²) in [5, 5.41) is 3.58. The van der Waals surface area contributed by atoms with Crippen molar-refractivity contribution < 1.29 is 13.9 Å². The Bertz CT molecular complexity index is 461. The quantitative estimate of drug-likeness (QED) is 0.863. The summed E-state index contributed by atoms with van der Waals surface area (Å²) in [4.78, 5) is 11.9. The molecule has 0 bridgehead atoms. The second kappa shape index (κ2) is 6.35. The molecule has 1 saturated carbocycles. The average Bonchev–Trinajstić information content (AvgIpc) is 2.91. The summed E-state index contributed by atoms with van der Waals surface area (Å²) in [6, 6.07) is 3.63. The highest BCUT2D eigenvalue weighted by atomic mass is 35.5. The van der Waals surface area contributed by atoms with E-state index in [2.05, 4.69) is 5.32 Å². The maximum atomic E-state index is 13.9. The number of methoxy groups -OCH3 is 1. The summed E-state index contributed by atoms with van der Waals surface area (Å²) in [7, 11) is 1.30. The van der Waals surface area contributed by atoms with Gasteiger partial charge in [-0.3, -0.25) is 5.32 Å². The topological polar surface area (TPSA) is 38.3 Å². The molecule has 5 heteroatoms. The zero-order valence-electron chi connectivity index (χ0n) is 10.8. The standard InChI is InChI=1S/C14H17ClFNO2/c1-19-14(18)13(17-10-4-2-3-5-10)11-8-9(15)6-7-12(11)16/h6-8,10,13,17H,2-5H2,1H3. The van der Waals surface area contributed by atoms with E-state index in [0.717, 1.165) is 25.7 Å². The molecule has 1 aromatic carbocycles. The van der Waals surface area contributed by atoms with Crippen molar-refractivity contribution >= 4 is 17.6 Å². The van der Waals surface area contributed by atoms with Crippen LogP contribution in [0.25, 0.3) is 0 Å². The van der Waals surface area contributed by atoms with Crippen molar-refractivity contribution in [3.8, 4) is 0 Å². The molecule has 1 unspecified atom stereocenters. The van der Waals surface area contributed by atoms with Crippen LogP contribution in [0.4, 0.5) is 4.39 Å². The second-order valence-corrected chi connectivity index (χ2v) is 5.21. The van der Waals surface area contributed by atoms with Gasteiger partial charge in [-0.25, -0.2) is 9.18 Å². The van der Waals surface area contributed by atoms with E-state index in [9.17, 15) is 9.18 Å². The molecule has 104 valence electrons. The fourth-order valence-corrected chi connectivity index (χ4v) is 2.65. The zero-order valence-corrected chi connectivity index (χ0v) is 11.5. The van der Waals surface area contributed by atoms with E-state index in [4.69, 9.17) is 16.3 Å². The molecule has 1 fully saturated rings. The summed E-state index contributed by atoms with van der Waals surface area (Å²) in [6.07, 6.45) is 4.25. The van der Waals surface area contributed by atoms with Crippen LogP contribution >= 0.6 is 11.6 Å². The normalized spacial score (nSPS) is 17.4. The molecule has 0 amide bonds. The first kappa shape index (κ1) is 14.3. The third kappa shape index (κ3) is 3.45. The van der Waals surface area contributed by atoms with Crippen molar-refractivity contribution in [2.24, 2.45) is 0 Å². The first-order chi connectivity index (χ1) is 9.11. The minimum atomic E-state index is -0.799. The molecular weight excluding hydrogens is 269 g/mol. The van der Waals surface area contributed by atoms with Crippen LogP contribution < -0.4 is 5.32 Å². The molecule has 1 atom stereocenters. The largest absolute Gasteiger partial charge is 0.468 e. The SMILES string of the molecule is COC(=O)C(NC1CCCC1)c1cc(Cl)ccc1F. The lowest BCUT2D eigenvalue weighted by Gasteiger charge is -2.21. The van der Waals surface area contributed by atoms with Gasteiger partial charge in [0.2, 0.25) is 0 Å². The van der Waals surface area contributed by atoms with Gasteiger partial charge in [-0.1, -0.05) is 24.4 Å². The van der Waals surface area contributed by atoms with E-state index in [1.54, 1.807) is 0 Å². The monoisotopic (exact) mass is 285 g/mol. The fourth-order valence-electron chi connectivity index (χ4n) is 2.47. The van der Waals surface area contributed by atoms with Gasteiger partial charge in [-0.05, 0) is 31.0 Å². The van der Waals surface area contributed by atoms with Crippen LogP contribution in [0.5, 0.6) is 0 Å². The summed E-state index contributed by atoms with van der Waals surface area (Å²) >= 11 is 5.88. The number of nitrogens with one attached hydrogen (secondary N) is 1. The molecule has 0 aromatic heterocycles. The Morgan fingerprint density at radius 3 is 2.79 bits per heavy atom. The molecular formula is C14H17ClFNO2.